The number of aryl methyl sites for hydroxylation is 1. The number of hydrogen-bond acceptors (Lipinski definition) is 8. The number of pyridine rings is 1. The van der Waals surface area contributed by atoms with Gasteiger partial charge in [-0.3, -0.25) is 20.0 Å². The predicted molar refractivity (Wildman–Crippen MR) is 144 cm³/mol. The van der Waals surface area contributed by atoms with Crippen LogP contribution in [0.5, 0.6) is 11.5 Å². The molecule has 39 heavy (non-hydrogen) atoms. The Labute approximate surface area is 229 Å². The maximum absolute atomic E-state index is 13.4. The van der Waals surface area contributed by atoms with Gasteiger partial charge in [0.05, 0.1) is 19.3 Å². The molecule has 202 valence electrons. The summed E-state index contributed by atoms with van der Waals surface area (Å²) in [6, 6.07) is 16.1. The summed E-state index contributed by atoms with van der Waals surface area (Å²) in [6.45, 7) is 1.37. The van der Waals surface area contributed by atoms with Crippen LogP contribution in [0.3, 0.4) is 0 Å². The van der Waals surface area contributed by atoms with Crippen LogP contribution < -0.4 is 20.7 Å². The molecule has 0 radical (unpaired) electrons. The number of nitrogens with one attached hydrogen (secondary N) is 3. The molecule has 1 aromatic heterocycles. The van der Waals surface area contributed by atoms with Crippen LogP contribution >= 0.6 is 11.6 Å². The van der Waals surface area contributed by atoms with Gasteiger partial charge >= 0.3 is 12.1 Å². The fourth-order valence-electron chi connectivity index (χ4n) is 3.69. The molecule has 1 aliphatic heterocycles. The summed E-state index contributed by atoms with van der Waals surface area (Å²) in [7, 11) is 0. The Kier molecular flexibility index (Phi) is 8.90. The van der Waals surface area contributed by atoms with E-state index in [0.717, 1.165) is 16.2 Å². The minimum atomic E-state index is -0.924. The first-order valence-corrected chi connectivity index (χ1v) is 12.4. The molecule has 2 aromatic carbocycles. The van der Waals surface area contributed by atoms with E-state index in [4.69, 9.17) is 16.3 Å². The molecule has 5 amide bonds. The van der Waals surface area contributed by atoms with Crippen LogP contribution in [0, 0.1) is 11.8 Å². The number of aromatic nitrogens is 1. The van der Waals surface area contributed by atoms with Crippen LogP contribution in [0.1, 0.15) is 11.3 Å². The molecule has 1 aliphatic rings. The summed E-state index contributed by atoms with van der Waals surface area (Å²) in [5.41, 5.74) is 2.24. The molecule has 3 aromatic rings. The molecule has 1 unspecified atom stereocenters. The summed E-state index contributed by atoms with van der Waals surface area (Å²) in [4.78, 5) is 55.1. The highest BCUT2D eigenvalue weighted by atomic mass is 35.5. The van der Waals surface area contributed by atoms with E-state index in [-0.39, 0.29) is 19.6 Å². The van der Waals surface area contributed by atoms with Crippen molar-refractivity contribution in [1.82, 2.24) is 25.4 Å². The first-order valence-electron chi connectivity index (χ1n) is 12.0. The highest BCUT2D eigenvalue weighted by Gasteiger charge is 2.39. The van der Waals surface area contributed by atoms with Crippen molar-refractivity contribution in [3.63, 3.8) is 0 Å². The second-order valence-corrected chi connectivity index (χ2v) is 9.02. The molecule has 3 N–H and O–H groups in total. The number of amides is 5. The molecular formula is C26H26ClN7O5. The Balaban J connectivity index is 1.49. The maximum atomic E-state index is 13.4. The van der Waals surface area contributed by atoms with E-state index in [1.807, 2.05) is 19.1 Å². The molecule has 0 spiro atoms. The fourth-order valence-corrected chi connectivity index (χ4v) is 3.82. The van der Waals surface area contributed by atoms with Gasteiger partial charge < -0.3 is 15.4 Å². The van der Waals surface area contributed by atoms with Crippen LogP contribution in [0.2, 0.25) is 5.02 Å². The lowest BCUT2D eigenvalue weighted by Crippen LogP contribution is -2.67. The zero-order valence-electron chi connectivity index (χ0n) is 21.0. The summed E-state index contributed by atoms with van der Waals surface area (Å²) in [6.07, 6.45) is 0.706. The van der Waals surface area contributed by atoms with Crippen LogP contribution in [-0.2, 0) is 11.3 Å². The molecule has 4 rings (SSSR count). The van der Waals surface area contributed by atoms with E-state index in [9.17, 15) is 19.3 Å². The molecule has 0 aliphatic carbocycles. The Hall–Kier alpha value is -4.71. The van der Waals surface area contributed by atoms with E-state index < -0.39 is 30.8 Å². The lowest BCUT2D eigenvalue weighted by atomic mass is 10.2. The zero-order chi connectivity index (χ0) is 27.8. The maximum Gasteiger partial charge on any atom is 0.332 e. The number of rotatable bonds is 11. The average Bonchev–Trinajstić information content (AvgIpc) is 2.92. The molecule has 2 heterocycles. The Morgan fingerprint density at radius 1 is 1.08 bits per heavy atom. The van der Waals surface area contributed by atoms with Crippen LogP contribution in [0.15, 0.2) is 72.0 Å². The van der Waals surface area contributed by atoms with Crippen molar-refractivity contribution in [2.24, 2.45) is 5.18 Å². The van der Waals surface area contributed by atoms with Crippen LogP contribution in [-0.4, -0.2) is 58.7 Å². The van der Waals surface area contributed by atoms with Gasteiger partial charge in [0, 0.05) is 22.9 Å². The summed E-state index contributed by atoms with van der Waals surface area (Å²) in [5.74, 6) is 0.571. The molecule has 1 atom stereocenters. The average molecular weight is 552 g/mol. The van der Waals surface area contributed by atoms with Crippen molar-refractivity contribution in [1.29, 1.82) is 0 Å². The fraction of sp³-hybridized carbons (Fsp3) is 0.231. The second kappa shape index (κ2) is 12.7. The van der Waals surface area contributed by atoms with E-state index >= 15 is 0 Å². The number of nitrogens with zero attached hydrogens (tertiary/aromatic N) is 4. The minimum Gasteiger partial charge on any atom is -0.456 e. The number of carbonyl (C=O) groups excluding carboxylic acids is 3. The first-order chi connectivity index (χ1) is 18.8. The predicted octanol–water partition coefficient (Wildman–Crippen LogP) is 4.06. The minimum absolute atomic E-state index is 0.00475. The third-order valence-electron chi connectivity index (χ3n) is 5.66. The van der Waals surface area contributed by atoms with Gasteiger partial charge in [0.2, 0.25) is 5.91 Å². The number of urea groups is 2. The topological polar surface area (TPSA) is 145 Å². The van der Waals surface area contributed by atoms with Crippen molar-refractivity contribution >= 4 is 35.3 Å². The van der Waals surface area contributed by atoms with Crippen molar-refractivity contribution in [2.75, 3.05) is 25.0 Å². The largest absolute Gasteiger partial charge is 0.456 e. The van der Waals surface area contributed by atoms with Gasteiger partial charge in [-0.05, 0) is 61.0 Å². The second-order valence-electron chi connectivity index (χ2n) is 8.58. The number of benzene rings is 2. The van der Waals surface area contributed by atoms with E-state index in [1.165, 1.54) is 4.90 Å². The van der Waals surface area contributed by atoms with Gasteiger partial charge in [0.15, 0.2) is 6.29 Å². The van der Waals surface area contributed by atoms with Crippen molar-refractivity contribution < 1.29 is 19.1 Å². The number of hydrogen-bond donors (Lipinski definition) is 3. The van der Waals surface area contributed by atoms with Crippen molar-refractivity contribution in [2.45, 2.75) is 19.8 Å². The third-order valence-corrected chi connectivity index (χ3v) is 5.92. The number of halogens is 1. The highest BCUT2D eigenvalue weighted by molar-refractivity contribution is 6.30. The molecular weight excluding hydrogens is 526 g/mol. The first kappa shape index (κ1) is 27.3. The summed E-state index contributed by atoms with van der Waals surface area (Å²) >= 11 is 6.00. The molecule has 0 bridgehead atoms. The van der Waals surface area contributed by atoms with Crippen molar-refractivity contribution in [3.8, 4) is 11.5 Å². The van der Waals surface area contributed by atoms with Crippen LogP contribution in [0.4, 0.5) is 15.3 Å². The molecule has 1 fully saturated rings. The zero-order valence-corrected chi connectivity index (χ0v) is 21.7. The van der Waals surface area contributed by atoms with E-state index in [0.29, 0.717) is 22.2 Å². The molecule has 13 heteroatoms. The standard InChI is InChI=1S/C26H26ClN7O5/c1-17-2-9-22(14-29-17)39-21-10-7-20(8-11-21)31-24-32-25(36)34(16-23(35)28-12-13-30-38)26(37)33(24)15-18-3-5-19(27)6-4-18/h2-11,14,24,31H,12-13,15-16H2,1H3,(H,28,35)(H,32,36). The monoisotopic (exact) mass is 551 g/mol. The number of imide groups is 1. The van der Waals surface area contributed by atoms with Crippen LogP contribution in [0.25, 0.3) is 0 Å². The van der Waals surface area contributed by atoms with Gasteiger partial charge in [0.25, 0.3) is 0 Å². The smallest absolute Gasteiger partial charge is 0.332 e. The highest BCUT2D eigenvalue weighted by Crippen LogP contribution is 2.24. The Bertz CT molecular complexity index is 1320. The van der Waals surface area contributed by atoms with E-state index in [2.05, 4.69) is 26.1 Å². The van der Waals surface area contributed by atoms with Gasteiger partial charge in [-0.15, -0.1) is 0 Å². The van der Waals surface area contributed by atoms with Gasteiger partial charge in [-0.2, -0.15) is 4.91 Å². The SMILES string of the molecule is Cc1ccc(Oc2ccc(NC3NC(=O)N(CC(=O)NCCN=O)C(=O)N3Cc3ccc(Cl)cc3)cc2)cn1. The number of ether oxygens (including phenoxy) is 1. The summed E-state index contributed by atoms with van der Waals surface area (Å²) in [5, 5.41) is 11.5. The quantitative estimate of drug-likeness (QED) is 0.240. The lowest BCUT2D eigenvalue weighted by molar-refractivity contribution is -0.121. The molecule has 1 saturated heterocycles. The van der Waals surface area contributed by atoms with Gasteiger partial charge in [0.1, 0.15) is 18.0 Å². The molecule has 0 saturated carbocycles. The van der Waals surface area contributed by atoms with Crippen molar-refractivity contribution in [3.05, 3.63) is 88.0 Å². The summed E-state index contributed by atoms with van der Waals surface area (Å²) < 4.78 is 5.81. The van der Waals surface area contributed by atoms with Gasteiger partial charge in [-0.1, -0.05) is 28.9 Å². The lowest BCUT2D eigenvalue weighted by Gasteiger charge is -2.41. The molecule has 12 nitrogen and oxygen atoms in total. The third kappa shape index (κ3) is 7.42. The Morgan fingerprint density at radius 3 is 2.46 bits per heavy atom. The number of anilines is 1. The normalized spacial score (nSPS) is 15.0. The van der Waals surface area contributed by atoms with E-state index in [1.54, 1.807) is 54.7 Å². The Morgan fingerprint density at radius 2 is 1.79 bits per heavy atom. The number of nitroso groups, excluding NO2 is 1. The number of carbonyl (C=O) groups is 3. The van der Waals surface area contributed by atoms with Gasteiger partial charge in [-0.25, -0.2) is 14.5 Å².